The first kappa shape index (κ1) is 16.8. The lowest BCUT2D eigenvalue weighted by Gasteiger charge is -2.23. The topological polar surface area (TPSA) is 51.1 Å². The van der Waals surface area contributed by atoms with Crippen LogP contribution >= 0.6 is 0 Å². The smallest absolute Gasteiger partial charge is 0.182 e. The zero-order valence-electron chi connectivity index (χ0n) is 14.0. The fraction of sp³-hybridized carbons (Fsp3) is 0.333. The van der Waals surface area contributed by atoms with Crippen molar-refractivity contribution >= 4 is 22.9 Å². The second kappa shape index (κ2) is 7.63. The van der Waals surface area contributed by atoms with Gasteiger partial charge >= 0.3 is 0 Å². The summed E-state index contributed by atoms with van der Waals surface area (Å²) in [4.78, 5) is 18.2. The van der Waals surface area contributed by atoms with Gasteiger partial charge in [-0.3, -0.25) is 4.79 Å². The monoisotopic (exact) mass is 314 g/mol. The minimum atomic E-state index is -0.102. The molecule has 0 spiro atoms. The van der Waals surface area contributed by atoms with Crippen LogP contribution in [0, 0.1) is 0 Å². The normalized spacial score (nSPS) is 15.6. The lowest BCUT2D eigenvalue weighted by molar-refractivity contribution is -0.110. The van der Waals surface area contributed by atoms with Crippen LogP contribution in [0.1, 0.15) is 13.8 Å². The first-order valence-electron chi connectivity index (χ1n) is 7.62. The Bertz CT molecular complexity index is 671. The van der Waals surface area contributed by atoms with Gasteiger partial charge in [-0.15, -0.1) is 0 Å². The summed E-state index contributed by atoms with van der Waals surface area (Å²) < 4.78 is 10.7. The Labute approximate surface area is 136 Å². The molecule has 1 aliphatic carbocycles. The number of ether oxygens (including phenoxy) is 2. The maximum absolute atomic E-state index is 11.4. The van der Waals surface area contributed by atoms with E-state index in [9.17, 15) is 4.79 Å². The van der Waals surface area contributed by atoms with E-state index in [1.165, 1.54) is 19.3 Å². The zero-order valence-corrected chi connectivity index (χ0v) is 14.0. The van der Waals surface area contributed by atoms with Crippen LogP contribution in [-0.2, 0) is 9.53 Å². The number of aliphatic imine (C=N–C) groups is 1. The Balaban J connectivity index is 2.38. The van der Waals surface area contributed by atoms with Crippen LogP contribution in [0.5, 0.6) is 5.75 Å². The third-order valence-electron chi connectivity index (χ3n) is 3.67. The molecule has 0 saturated carbocycles. The predicted octanol–water partition coefficient (Wildman–Crippen LogP) is 3.28. The molecule has 0 heterocycles. The van der Waals surface area contributed by atoms with Crippen molar-refractivity contribution in [2.24, 2.45) is 4.99 Å². The Hall–Kier alpha value is -2.56. The van der Waals surface area contributed by atoms with Gasteiger partial charge in [-0.1, -0.05) is 0 Å². The Morgan fingerprint density at radius 1 is 1.09 bits per heavy atom. The van der Waals surface area contributed by atoms with E-state index in [4.69, 9.17) is 9.47 Å². The lowest BCUT2D eigenvalue weighted by Crippen LogP contribution is -2.22. The molecular weight excluding hydrogens is 292 g/mol. The van der Waals surface area contributed by atoms with Crippen molar-refractivity contribution in [3.63, 3.8) is 0 Å². The summed E-state index contributed by atoms with van der Waals surface area (Å²) in [6.07, 6.45) is 4.56. The molecule has 0 aliphatic heterocycles. The predicted molar refractivity (Wildman–Crippen MR) is 92.9 cm³/mol. The molecule has 1 aromatic rings. The Morgan fingerprint density at radius 2 is 1.83 bits per heavy atom. The average Bonchev–Trinajstić information content (AvgIpc) is 2.58. The number of allylic oxidation sites excluding steroid dienone is 3. The molecule has 0 saturated heterocycles. The molecule has 1 aromatic carbocycles. The first-order chi connectivity index (χ1) is 11.1. The van der Waals surface area contributed by atoms with Gasteiger partial charge in [0.2, 0.25) is 0 Å². The molecule has 0 amide bonds. The van der Waals surface area contributed by atoms with Crippen molar-refractivity contribution in [1.29, 1.82) is 0 Å². The number of carbonyl (C=O) groups excluding carboxylic acids is 1. The second-order valence-corrected chi connectivity index (χ2v) is 4.97. The first-order valence-corrected chi connectivity index (χ1v) is 7.62. The molecule has 0 aromatic heterocycles. The molecule has 5 nitrogen and oxygen atoms in total. The van der Waals surface area contributed by atoms with Crippen LogP contribution in [0.2, 0.25) is 0 Å². The number of ketones is 1. The molecule has 0 bridgehead atoms. The maximum atomic E-state index is 11.4. The second-order valence-electron chi connectivity index (χ2n) is 4.97. The average molecular weight is 314 g/mol. The van der Waals surface area contributed by atoms with Crippen LogP contribution in [0.15, 0.2) is 47.2 Å². The van der Waals surface area contributed by atoms with E-state index in [1.807, 2.05) is 18.2 Å². The molecule has 0 unspecified atom stereocenters. The van der Waals surface area contributed by atoms with Gasteiger partial charge in [0.15, 0.2) is 5.78 Å². The zero-order chi connectivity index (χ0) is 16.8. The van der Waals surface area contributed by atoms with E-state index >= 15 is 0 Å². The van der Waals surface area contributed by atoms with Crippen LogP contribution in [-0.4, -0.2) is 38.8 Å². The van der Waals surface area contributed by atoms with E-state index in [1.54, 1.807) is 13.2 Å². The number of anilines is 1. The third-order valence-corrected chi connectivity index (χ3v) is 3.67. The summed E-state index contributed by atoms with van der Waals surface area (Å²) >= 11 is 0. The molecule has 23 heavy (non-hydrogen) atoms. The molecule has 2 rings (SSSR count). The van der Waals surface area contributed by atoms with Crippen molar-refractivity contribution in [2.45, 2.75) is 13.8 Å². The highest BCUT2D eigenvalue weighted by Gasteiger charge is 2.14. The van der Waals surface area contributed by atoms with Gasteiger partial charge in [-0.2, -0.15) is 0 Å². The van der Waals surface area contributed by atoms with Gasteiger partial charge in [-0.05, 0) is 38.1 Å². The van der Waals surface area contributed by atoms with Gasteiger partial charge in [-0.25, -0.2) is 4.99 Å². The van der Waals surface area contributed by atoms with Gasteiger partial charge in [0, 0.05) is 25.2 Å². The van der Waals surface area contributed by atoms with E-state index < -0.39 is 0 Å². The van der Waals surface area contributed by atoms with Crippen LogP contribution in [0.3, 0.4) is 0 Å². The fourth-order valence-corrected chi connectivity index (χ4v) is 2.45. The molecule has 0 N–H and O–H groups in total. The van der Waals surface area contributed by atoms with E-state index in [-0.39, 0.29) is 5.78 Å². The minimum Gasteiger partial charge on any atom is -0.495 e. The molecular formula is C18H22N2O3. The lowest BCUT2D eigenvalue weighted by atomic mass is 10.1. The Kier molecular flexibility index (Phi) is 5.57. The number of benzene rings is 1. The van der Waals surface area contributed by atoms with Crippen molar-refractivity contribution < 1.29 is 14.3 Å². The largest absolute Gasteiger partial charge is 0.495 e. The third kappa shape index (κ3) is 3.80. The fourth-order valence-electron chi connectivity index (χ4n) is 2.45. The number of carbonyl (C=O) groups is 1. The van der Waals surface area contributed by atoms with Crippen molar-refractivity contribution in [2.75, 3.05) is 32.2 Å². The summed E-state index contributed by atoms with van der Waals surface area (Å²) in [7, 11) is 3.18. The quantitative estimate of drug-likeness (QED) is 0.756. The van der Waals surface area contributed by atoms with Gasteiger partial charge in [0.05, 0.1) is 25.6 Å². The van der Waals surface area contributed by atoms with Crippen molar-refractivity contribution in [1.82, 2.24) is 0 Å². The summed E-state index contributed by atoms with van der Waals surface area (Å²) in [6.45, 7) is 6.03. The van der Waals surface area contributed by atoms with E-state index in [0.29, 0.717) is 11.5 Å². The number of hydrogen-bond donors (Lipinski definition) is 0. The minimum absolute atomic E-state index is 0.102. The number of methoxy groups -OCH3 is 2. The van der Waals surface area contributed by atoms with Gasteiger partial charge in [0.1, 0.15) is 17.2 Å². The number of nitrogens with zero attached hydrogens (tertiary/aromatic N) is 2. The summed E-state index contributed by atoms with van der Waals surface area (Å²) in [5, 5.41) is 0. The van der Waals surface area contributed by atoms with E-state index in [0.717, 1.165) is 30.2 Å². The molecule has 0 radical (unpaired) electrons. The highest BCUT2D eigenvalue weighted by molar-refractivity contribution is 6.19. The molecule has 1 aliphatic rings. The summed E-state index contributed by atoms with van der Waals surface area (Å²) in [5.74, 6) is 1.13. The van der Waals surface area contributed by atoms with Crippen LogP contribution in [0.25, 0.3) is 0 Å². The molecule has 5 heteroatoms. The highest BCUT2D eigenvalue weighted by atomic mass is 16.5. The number of rotatable bonds is 6. The van der Waals surface area contributed by atoms with Gasteiger partial charge in [0.25, 0.3) is 0 Å². The molecule has 0 fully saturated rings. The molecule has 0 atom stereocenters. The van der Waals surface area contributed by atoms with Crippen LogP contribution < -0.4 is 9.64 Å². The van der Waals surface area contributed by atoms with Crippen molar-refractivity contribution in [3.8, 4) is 5.75 Å². The maximum Gasteiger partial charge on any atom is 0.182 e. The SMILES string of the molecule is CCN(CC)c1ccc(N=C2C=CC(=O)C=C2OC)cc1OC. The molecule has 122 valence electrons. The van der Waals surface area contributed by atoms with Crippen LogP contribution in [0.4, 0.5) is 11.4 Å². The number of hydrogen-bond acceptors (Lipinski definition) is 5. The summed E-state index contributed by atoms with van der Waals surface area (Å²) in [6, 6.07) is 5.82. The van der Waals surface area contributed by atoms with Crippen molar-refractivity contribution in [3.05, 3.63) is 42.2 Å². The van der Waals surface area contributed by atoms with E-state index in [2.05, 4.69) is 23.7 Å². The Morgan fingerprint density at radius 3 is 2.43 bits per heavy atom. The summed E-state index contributed by atoms with van der Waals surface area (Å²) in [5.41, 5.74) is 2.40. The van der Waals surface area contributed by atoms with Gasteiger partial charge < -0.3 is 14.4 Å². The standard InChI is InChI=1S/C18H22N2O3/c1-5-20(6-2)16-10-7-13(11-18(16)23-4)19-15-9-8-14(21)12-17(15)22-3/h7-12H,5-6H2,1-4H3. The highest BCUT2D eigenvalue weighted by Crippen LogP contribution is 2.32.